The van der Waals surface area contributed by atoms with Crippen LogP contribution >= 0.6 is 11.6 Å². The molecular weight excluding hydrogens is 294 g/mol. The lowest BCUT2D eigenvalue weighted by Crippen LogP contribution is -2.26. The van der Waals surface area contributed by atoms with Gasteiger partial charge in [0.05, 0.1) is 6.61 Å². The lowest BCUT2D eigenvalue weighted by atomic mass is 10.2. The van der Waals surface area contributed by atoms with Crippen molar-refractivity contribution in [2.75, 3.05) is 13.2 Å². The molecule has 1 heterocycles. The van der Waals surface area contributed by atoms with Crippen molar-refractivity contribution in [2.24, 2.45) is 4.99 Å². The van der Waals surface area contributed by atoms with Crippen molar-refractivity contribution in [3.8, 4) is 0 Å². The highest BCUT2D eigenvalue weighted by Crippen LogP contribution is 2.13. The predicted molar refractivity (Wildman–Crippen MR) is 79.6 cm³/mol. The number of carbonyl (C=O) groups excluding carboxylic acids is 2. The van der Waals surface area contributed by atoms with Crippen molar-refractivity contribution in [3.63, 3.8) is 0 Å². The van der Waals surface area contributed by atoms with Crippen molar-refractivity contribution in [2.45, 2.75) is 6.92 Å². The maximum atomic E-state index is 11.8. The molecule has 0 atom stereocenters. The van der Waals surface area contributed by atoms with Crippen LogP contribution in [0, 0.1) is 0 Å². The Morgan fingerprint density at radius 2 is 2.05 bits per heavy atom. The van der Waals surface area contributed by atoms with Crippen molar-refractivity contribution in [1.82, 2.24) is 10.6 Å². The van der Waals surface area contributed by atoms with Gasteiger partial charge in [-0.25, -0.2) is 4.99 Å². The van der Waals surface area contributed by atoms with Crippen molar-refractivity contribution in [3.05, 3.63) is 40.5 Å². The number of halogens is 1. The Hall–Kier alpha value is -2.34. The SMILES string of the molecule is CCOC(=O)CN=C1NC(=O)/C(=C\c2ccc(Cl)cc2)N1. The molecule has 0 bridgehead atoms. The van der Waals surface area contributed by atoms with Crippen molar-refractivity contribution >= 4 is 35.5 Å². The predicted octanol–water partition coefficient (Wildman–Crippen LogP) is 1.32. The molecule has 21 heavy (non-hydrogen) atoms. The smallest absolute Gasteiger partial charge is 0.327 e. The van der Waals surface area contributed by atoms with E-state index in [0.29, 0.717) is 17.3 Å². The summed E-state index contributed by atoms with van der Waals surface area (Å²) < 4.78 is 4.75. The van der Waals surface area contributed by atoms with Gasteiger partial charge in [0.25, 0.3) is 5.91 Å². The van der Waals surface area contributed by atoms with Gasteiger partial charge in [-0.2, -0.15) is 0 Å². The summed E-state index contributed by atoms with van der Waals surface area (Å²) in [6.45, 7) is 1.86. The van der Waals surface area contributed by atoms with E-state index in [4.69, 9.17) is 16.3 Å². The van der Waals surface area contributed by atoms with E-state index in [1.807, 2.05) is 0 Å². The summed E-state index contributed by atoms with van der Waals surface area (Å²) in [7, 11) is 0. The van der Waals surface area contributed by atoms with Crippen molar-refractivity contribution < 1.29 is 14.3 Å². The van der Waals surface area contributed by atoms with Crippen LogP contribution in [0.4, 0.5) is 0 Å². The Balaban J connectivity index is 2.04. The van der Waals surface area contributed by atoms with Crippen LogP contribution in [0.25, 0.3) is 6.08 Å². The molecule has 7 heteroatoms. The van der Waals surface area contributed by atoms with E-state index in [1.54, 1.807) is 37.3 Å². The number of hydrogen-bond acceptors (Lipinski definition) is 4. The third-order valence-corrected chi connectivity index (χ3v) is 2.83. The van der Waals surface area contributed by atoms with E-state index in [9.17, 15) is 9.59 Å². The molecule has 1 aliphatic rings. The molecule has 1 fully saturated rings. The largest absolute Gasteiger partial charge is 0.465 e. The Morgan fingerprint density at radius 3 is 2.71 bits per heavy atom. The number of benzene rings is 1. The standard InChI is InChI=1S/C14H14ClN3O3/c1-2-21-12(19)8-16-14-17-11(13(20)18-14)7-9-3-5-10(15)6-4-9/h3-7H,2,8H2,1H3,(H2,16,17,18,20)/b11-7+. The van der Waals surface area contributed by atoms with Gasteiger partial charge in [-0.15, -0.1) is 0 Å². The van der Waals surface area contributed by atoms with E-state index in [1.165, 1.54) is 0 Å². The molecule has 0 spiro atoms. The number of aliphatic imine (C=N–C) groups is 1. The average molecular weight is 308 g/mol. The minimum atomic E-state index is -0.448. The molecule has 2 N–H and O–H groups in total. The van der Waals surface area contributed by atoms with E-state index in [0.717, 1.165) is 5.56 Å². The number of guanidine groups is 1. The summed E-state index contributed by atoms with van der Waals surface area (Å²) in [5, 5.41) is 5.96. The average Bonchev–Trinajstić information content (AvgIpc) is 2.80. The molecule has 1 aliphatic heterocycles. The number of ether oxygens (including phenoxy) is 1. The normalized spacial score (nSPS) is 17.7. The molecule has 0 aromatic heterocycles. The van der Waals surface area contributed by atoms with Crippen LogP contribution < -0.4 is 10.6 Å². The lowest BCUT2D eigenvalue weighted by Gasteiger charge is -1.99. The third-order valence-electron chi connectivity index (χ3n) is 2.58. The Bertz CT molecular complexity index is 608. The number of carbonyl (C=O) groups is 2. The van der Waals surface area contributed by atoms with Crippen LogP contribution in [0.2, 0.25) is 5.02 Å². The Morgan fingerprint density at radius 1 is 1.33 bits per heavy atom. The molecule has 0 saturated carbocycles. The zero-order valence-electron chi connectivity index (χ0n) is 11.4. The molecular formula is C14H14ClN3O3. The fourth-order valence-corrected chi connectivity index (χ4v) is 1.77. The Kier molecular flexibility index (Phi) is 4.94. The fourth-order valence-electron chi connectivity index (χ4n) is 1.65. The van der Waals surface area contributed by atoms with Crippen LogP contribution in [0.15, 0.2) is 35.0 Å². The Labute approximate surface area is 126 Å². The molecule has 0 radical (unpaired) electrons. The molecule has 110 valence electrons. The molecule has 1 aromatic rings. The molecule has 1 aromatic carbocycles. The first-order valence-electron chi connectivity index (χ1n) is 6.34. The number of esters is 1. The van der Waals surface area contributed by atoms with E-state index in [-0.39, 0.29) is 18.4 Å². The third kappa shape index (κ3) is 4.32. The number of nitrogens with zero attached hydrogens (tertiary/aromatic N) is 1. The summed E-state index contributed by atoms with van der Waals surface area (Å²) in [5.74, 6) is -0.531. The molecule has 0 aliphatic carbocycles. The first kappa shape index (κ1) is 15.1. The highest BCUT2D eigenvalue weighted by atomic mass is 35.5. The number of rotatable bonds is 4. The maximum Gasteiger partial charge on any atom is 0.327 e. The van der Waals surface area contributed by atoms with E-state index >= 15 is 0 Å². The summed E-state index contributed by atoms with van der Waals surface area (Å²) in [5.41, 5.74) is 1.17. The van der Waals surface area contributed by atoms with E-state index in [2.05, 4.69) is 15.6 Å². The molecule has 1 amide bonds. The van der Waals surface area contributed by atoms with Gasteiger partial charge >= 0.3 is 5.97 Å². The minimum Gasteiger partial charge on any atom is -0.465 e. The fraction of sp³-hybridized carbons (Fsp3) is 0.214. The zero-order chi connectivity index (χ0) is 15.2. The second-order valence-electron chi connectivity index (χ2n) is 4.16. The van der Waals surface area contributed by atoms with Gasteiger partial charge < -0.3 is 10.1 Å². The maximum absolute atomic E-state index is 11.8. The molecule has 2 rings (SSSR count). The molecule has 1 saturated heterocycles. The first-order valence-corrected chi connectivity index (χ1v) is 6.72. The first-order chi connectivity index (χ1) is 10.1. The summed E-state index contributed by atoms with van der Waals surface area (Å²) in [6.07, 6.45) is 1.67. The van der Waals surface area contributed by atoms with Crippen LogP contribution in [-0.4, -0.2) is 31.0 Å². The quantitative estimate of drug-likeness (QED) is 0.649. The van der Waals surface area contributed by atoms with Gasteiger partial charge in [0.2, 0.25) is 5.96 Å². The van der Waals surface area contributed by atoms with Gasteiger partial charge in [-0.05, 0) is 30.7 Å². The van der Waals surface area contributed by atoms with Crippen LogP contribution in [0.5, 0.6) is 0 Å². The monoisotopic (exact) mass is 307 g/mol. The summed E-state index contributed by atoms with van der Waals surface area (Å²) >= 11 is 5.80. The minimum absolute atomic E-state index is 0.148. The van der Waals surface area contributed by atoms with Crippen LogP contribution in [0.3, 0.4) is 0 Å². The number of nitrogens with one attached hydrogen (secondary N) is 2. The lowest BCUT2D eigenvalue weighted by molar-refractivity contribution is -0.141. The van der Waals surface area contributed by atoms with E-state index < -0.39 is 5.97 Å². The molecule has 0 unspecified atom stereocenters. The van der Waals surface area contributed by atoms with Crippen molar-refractivity contribution in [1.29, 1.82) is 0 Å². The summed E-state index contributed by atoms with van der Waals surface area (Å²) in [4.78, 5) is 26.9. The summed E-state index contributed by atoms with van der Waals surface area (Å²) in [6, 6.07) is 7.04. The topological polar surface area (TPSA) is 79.8 Å². The van der Waals surface area contributed by atoms with Gasteiger partial charge in [-0.3, -0.25) is 14.9 Å². The van der Waals surface area contributed by atoms with Gasteiger partial charge in [0, 0.05) is 5.02 Å². The second-order valence-corrected chi connectivity index (χ2v) is 4.59. The number of hydrogen-bond donors (Lipinski definition) is 2. The zero-order valence-corrected chi connectivity index (χ0v) is 12.1. The van der Waals surface area contributed by atoms with Crippen LogP contribution in [-0.2, 0) is 14.3 Å². The second kappa shape index (κ2) is 6.90. The van der Waals surface area contributed by atoms with Gasteiger partial charge in [-0.1, -0.05) is 23.7 Å². The number of amides is 1. The molecule has 6 nitrogen and oxygen atoms in total. The highest BCUT2D eigenvalue weighted by molar-refractivity contribution is 6.30. The van der Waals surface area contributed by atoms with Gasteiger partial charge in [0.15, 0.2) is 0 Å². The van der Waals surface area contributed by atoms with Crippen LogP contribution in [0.1, 0.15) is 12.5 Å². The highest BCUT2D eigenvalue weighted by Gasteiger charge is 2.21. The van der Waals surface area contributed by atoms with Gasteiger partial charge in [0.1, 0.15) is 12.2 Å².